The van der Waals surface area contributed by atoms with Crippen molar-refractivity contribution in [1.82, 2.24) is 14.8 Å². The maximum Gasteiger partial charge on any atom is 0.148 e. The van der Waals surface area contributed by atoms with Crippen LogP contribution in [0, 0.1) is 5.92 Å². The quantitative estimate of drug-likeness (QED) is 0.735. The van der Waals surface area contributed by atoms with Gasteiger partial charge in [-0.15, -0.1) is 21.8 Å². The van der Waals surface area contributed by atoms with Crippen LogP contribution in [0.5, 0.6) is 0 Å². The third-order valence-corrected chi connectivity index (χ3v) is 3.73. The minimum absolute atomic E-state index is 0.418. The first kappa shape index (κ1) is 12.8. The Kier molecular flexibility index (Phi) is 4.80. The zero-order valence-electron chi connectivity index (χ0n) is 10.4. The number of halogens is 1. The van der Waals surface area contributed by atoms with Crippen molar-refractivity contribution in [1.29, 1.82) is 0 Å². The predicted octanol–water partition coefficient (Wildman–Crippen LogP) is 2.40. The Labute approximate surface area is 107 Å². The highest BCUT2D eigenvalue weighted by Crippen LogP contribution is 2.27. The summed E-state index contributed by atoms with van der Waals surface area (Å²) in [6.07, 6.45) is 6.41. The zero-order valence-corrected chi connectivity index (χ0v) is 11.1. The van der Waals surface area contributed by atoms with Crippen LogP contribution in [-0.4, -0.2) is 28.5 Å². The first-order valence-electron chi connectivity index (χ1n) is 6.31. The Balaban J connectivity index is 2.05. The summed E-state index contributed by atoms with van der Waals surface area (Å²) >= 11 is 5.88. The van der Waals surface area contributed by atoms with Crippen molar-refractivity contribution in [2.45, 2.75) is 44.5 Å². The van der Waals surface area contributed by atoms with Gasteiger partial charge >= 0.3 is 0 Å². The predicted molar refractivity (Wildman–Crippen MR) is 67.1 cm³/mol. The van der Waals surface area contributed by atoms with Gasteiger partial charge in [0.05, 0.1) is 12.5 Å². The Morgan fingerprint density at radius 1 is 1.29 bits per heavy atom. The molecule has 17 heavy (non-hydrogen) atoms. The monoisotopic (exact) mass is 257 g/mol. The van der Waals surface area contributed by atoms with Crippen LogP contribution in [0.25, 0.3) is 0 Å². The topological polar surface area (TPSA) is 39.9 Å². The van der Waals surface area contributed by atoms with Gasteiger partial charge in [-0.05, 0) is 5.92 Å². The zero-order chi connectivity index (χ0) is 12.1. The highest BCUT2D eigenvalue weighted by atomic mass is 35.5. The standard InChI is InChI=1S/C12H20ClN3O/c1-17-7-6-16-11(14-15-12(16)9-13)8-10-4-2-3-5-10/h10H,2-9H2,1H3. The minimum Gasteiger partial charge on any atom is -0.383 e. The van der Waals surface area contributed by atoms with Crippen molar-refractivity contribution in [2.24, 2.45) is 5.92 Å². The van der Waals surface area contributed by atoms with E-state index in [1.165, 1.54) is 25.7 Å². The molecule has 0 amide bonds. The van der Waals surface area contributed by atoms with Crippen LogP contribution < -0.4 is 0 Å². The molecule has 0 aromatic carbocycles. The third-order valence-electron chi connectivity index (χ3n) is 3.49. The van der Waals surface area contributed by atoms with Crippen molar-refractivity contribution in [3.8, 4) is 0 Å². The first-order chi connectivity index (χ1) is 8.35. The Bertz CT molecular complexity index is 348. The van der Waals surface area contributed by atoms with E-state index in [9.17, 15) is 0 Å². The van der Waals surface area contributed by atoms with Crippen LogP contribution in [0.1, 0.15) is 37.3 Å². The molecule has 0 unspecified atom stereocenters. The van der Waals surface area contributed by atoms with Gasteiger partial charge in [-0.25, -0.2) is 0 Å². The van der Waals surface area contributed by atoms with E-state index >= 15 is 0 Å². The van der Waals surface area contributed by atoms with E-state index in [0.29, 0.717) is 12.5 Å². The molecule has 0 bridgehead atoms. The van der Waals surface area contributed by atoms with E-state index in [1.54, 1.807) is 7.11 Å². The molecule has 0 saturated heterocycles. The van der Waals surface area contributed by atoms with Crippen LogP contribution in [-0.2, 0) is 23.6 Å². The van der Waals surface area contributed by atoms with Gasteiger partial charge in [0.25, 0.3) is 0 Å². The van der Waals surface area contributed by atoms with Gasteiger partial charge in [-0.2, -0.15) is 0 Å². The fraction of sp³-hybridized carbons (Fsp3) is 0.833. The first-order valence-corrected chi connectivity index (χ1v) is 6.84. The molecule has 0 spiro atoms. The molecular weight excluding hydrogens is 238 g/mol. The number of aromatic nitrogens is 3. The van der Waals surface area contributed by atoms with Gasteiger partial charge in [0.15, 0.2) is 0 Å². The average Bonchev–Trinajstić information content (AvgIpc) is 2.97. The maximum absolute atomic E-state index is 5.88. The number of hydrogen-bond donors (Lipinski definition) is 0. The molecule has 1 aliphatic carbocycles. The lowest BCUT2D eigenvalue weighted by molar-refractivity contribution is 0.185. The Morgan fingerprint density at radius 3 is 2.65 bits per heavy atom. The number of ether oxygens (including phenoxy) is 1. The lowest BCUT2D eigenvalue weighted by Gasteiger charge is -2.11. The van der Waals surface area contributed by atoms with E-state index in [-0.39, 0.29) is 0 Å². The molecule has 0 N–H and O–H groups in total. The van der Waals surface area contributed by atoms with Gasteiger partial charge < -0.3 is 9.30 Å². The molecular formula is C12H20ClN3O. The summed E-state index contributed by atoms with van der Waals surface area (Å²) in [4.78, 5) is 0. The molecule has 96 valence electrons. The van der Waals surface area contributed by atoms with Gasteiger partial charge in [0.2, 0.25) is 0 Å². The van der Waals surface area contributed by atoms with E-state index in [4.69, 9.17) is 16.3 Å². The minimum atomic E-state index is 0.418. The normalized spacial score (nSPS) is 16.8. The smallest absolute Gasteiger partial charge is 0.148 e. The molecule has 0 aliphatic heterocycles. The van der Waals surface area contributed by atoms with Crippen molar-refractivity contribution >= 4 is 11.6 Å². The lowest BCUT2D eigenvalue weighted by atomic mass is 10.0. The average molecular weight is 258 g/mol. The second kappa shape index (κ2) is 6.36. The lowest BCUT2D eigenvalue weighted by Crippen LogP contribution is -2.13. The van der Waals surface area contributed by atoms with E-state index in [0.717, 1.165) is 30.5 Å². The van der Waals surface area contributed by atoms with Crippen molar-refractivity contribution in [2.75, 3.05) is 13.7 Å². The van der Waals surface area contributed by atoms with Crippen LogP contribution in [0.15, 0.2) is 0 Å². The highest BCUT2D eigenvalue weighted by molar-refractivity contribution is 6.16. The van der Waals surface area contributed by atoms with E-state index < -0.39 is 0 Å². The molecule has 1 aromatic heterocycles. The van der Waals surface area contributed by atoms with Crippen molar-refractivity contribution in [3.05, 3.63) is 11.6 Å². The summed E-state index contributed by atoms with van der Waals surface area (Å²) in [5, 5.41) is 8.43. The highest BCUT2D eigenvalue weighted by Gasteiger charge is 2.19. The SMILES string of the molecule is COCCn1c(CCl)nnc1CC1CCCC1. The summed E-state index contributed by atoms with van der Waals surface area (Å²) in [5.74, 6) is 3.13. The van der Waals surface area contributed by atoms with Crippen LogP contribution in [0.3, 0.4) is 0 Å². The third kappa shape index (κ3) is 3.19. The molecule has 1 aromatic rings. The van der Waals surface area contributed by atoms with E-state index in [2.05, 4.69) is 14.8 Å². The van der Waals surface area contributed by atoms with E-state index in [1.807, 2.05) is 0 Å². The molecule has 1 aliphatic rings. The summed E-state index contributed by atoms with van der Waals surface area (Å²) in [7, 11) is 1.71. The molecule has 0 radical (unpaired) electrons. The number of hydrogen-bond acceptors (Lipinski definition) is 3. The number of rotatable bonds is 6. The molecule has 1 fully saturated rings. The number of methoxy groups -OCH3 is 1. The molecule has 1 heterocycles. The molecule has 0 atom stereocenters. The largest absolute Gasteiger partial charge is 0.383 e. The molecule has 2 rings (SSSR count). The van der Waals surface area contributed by atoms with Crippen molar-refractivity contribution in [3.63, 3.8) is 0 Å². The summed E-state index contributed by atoms with van der Waals surface area (Å²) in [6, 6.07) is 0. The second-order valence-corrected chi connectivity index (χ2v) is 4.93. The Hall–Kier alpha value is -0.610. The second-order valence-electron chi connectivity index (χ2n) is 4.67. The molecule has 1 saturated carbocycles. The van der Waals surface area contributed by atoms with Gasteiger partial charge in [-0.1, -0.05) is 25.7 Å². The molecule has 5 heteroatoms. The van der Waals surface area contributed by atoms with Gasteiger partial charge in [0, 0.05) is 20.1 Å². The number of alkyl halides is 1. The summed E-state index contributed by atoms with van der Waals surface area (Å²) in [5.41, 5.74) is 0. The van der Waals surface area contributed by atoms with Gasteiger partial charge in [0.1, 0.15) is 11.6 Å². The fourth-order valence-electron chi connectivity index (χ4n) is 2.54. The number of nitrogens with zero attached hydrogens (tertiary/aromatic N) is 3. The van der Waals surface area contributed by atoms with Crippen molar-refractivity contribution < 1.29 is 4.74 Å². The molecule has 4 nitrogen and oxygen atoms in total. The van der Waals surface area contributed by atoms with Crippen LogP contribution >= 0.6 is 11.6 Å². The fourth-order valence-corrected chi connectivity index (χ4v) is 2.73. The van der Waals surface area contributed by atoms with Crippen LogP contribution in [0.4, 0.5) is 0 Å². The maximum atomic E-state index is 5.88. The van der Waals surface area contributed by atoms with Crippen LogP contribution in [0.2, 0.25) is 0 Å². The summed E-state index contributed by atoms with van der Waals surface area (Å²) < 4.78 is 7.24. The Morgan fingerprint density at radius 2 is 2.00 bits per heavy atom. The summed E-state index contributed by atoms with van der Waals surface area (Å²) in [6.45, 7) is 1.48. The van der Waals surface area contributed by atoms with Gasteiger partial charge in [-0.3, -0.25) is 0 Å².